The molecular weight excluding hydrogens is 396 g/mol. The minimum absolute atomic E-state index is 0.0963. The monoisotopic (exact) mass is 415 g/mol. The Morgan fingerprint density at radius 2 is 1.97 bits per heavy atom. The Morgan fingerprint density at radius 3 is 2.70 bits per heavy atom. The zero-order valence-electron chi connectivity index (χ0n) is 16.1. The van der Waals surface area contributed by atoms with Gasteiger partial charge in [0.25, 0.3) is 0 Å². The third-order valence-electron chi connectivity index (χ3n) is 5.08. The Bertz CT molecular complexity index is 1100. The van der Waals surface area contributed by atoms with E-state index in [1.54, 1.807) is 6.92 Å². The van der Waals surface area contributed by atoms with Crippen LogP contribution in [0.25, 0.3) is 11.3 Å². The van der Waals surface area contributed by atoms with E-state index in [1.807, 2.05) is 0 Å². The van der Waals surface area contributed by atoms with Crippen molar-refractivity contribution >= 4 is 11.9 Å². The van der Waals surface area contributed by atoms with Gasteiger partial charge in [-0.15, -0.1) is 0 Å². The van der Waals surface area contributed by atoms with Crippen molar-refractivity contribution in [3.8, 4) is 17.1 Å². The summed E-state index contributed by atoms with van der Waals surface area (Å²) in [5.74, 6) is -2.19. The SMILES string of the molecule is Cc1onc(-c2ccc(F)c(F)c2)c1C(=O)c1c[nH]c(OC(=O)NC2CCCC2)c1. The number of nitrogens with zero attached hydrogens (tertiary/aromatic N) is 1. The molecule has 1 amide bonds. The van der Waals surface area contributed by atoms with Crippen molar-refractivity contribution in [3.63, 3.8) is 0 Å². The molecule has 1 aliphatic carbocycles. The van der Waals surface area contributed by atoms with Crippen LogP contribution < -0.4 is 10.1 Å². The van der Waals surface area contributed by atoms with Gasteiger partial charge in [0.05, 0.1) is 5.56 Å². The van der Waals surface area contributed by atoms with Crippen molar-refractivity contribution in [2.24, 2.45) is 0 Å². The summed E-state index contributed by atoms with van der Waals surface area (Å²) in [5.41, 5.74) is 0.617. The Balaban J connectivity index is 1.53. The highest BCUT2D eigenvalue weighted by molar-refractivity contribution is 6.13. The molecule has 0 atom stereocenters. The van der Waals surface area contributed by atoms with Gasteiger partial charge in [0.2, 0.25) is 11.7 Å². The van der Waals surface area contributed by atoms with Crippen LogP contribution >= 0.6 is 0 Å². The molecule has 0 unspecified atom stereocenters. The number of hydrogen-bond acceptors (Lipinski definition) is 5. The third-order valence-corrected chi connectivity index (χ3v) is 5.08. The van der Waals surface area contributed by atoms with Gasteiger partial charge in [-0.2, -0.15) is 0 Å². The zero-order chi connectivity index (χ0) is 21.3. The molecule has 3 aromatic rings. The van der Waals surface area contributed by atoms with Crippen molar-refractivity contribution in [1.29, 1.82) is 0 Å². The lowest BCUT2D eigenvalue weighted by atomic mass is 9.99. The van der Waals surface area contributed by atoms with Crippen molar-refractivity contribution < 1.29 is 27.6 Å². The summed E-state index contributed by atoms with van der Waals surface area (Å²) in [6, 6.07) is 4.70. The number of aromatic amines is 1. The van der Waals surface area contributed by atoms with Crippen molar-refractivity contribution in [3.05, 3.63) is 59.0 Å². The van der Waals surface area contributed by atoms with Crippen LogP contribution in [0.1, 0.15) is 47.4 Å². The molecule has 0 radical (unpaired) electrons. The maximum absolute atomic E-state index is 13.6. The maximum atomic E-state index is 13.6. The number of ether oxygens (including phenoxy) is 1. The van der Waals surface area contributed by atoms with Crippen LogP contribution in [0.5, 0.6) is 5.88 Å². The summed E-state index contributed by atoms with van der Waals surface area (Å²) in [6.45, 7) is 1.54. The molecule has 7 nitrogen and oxygen atoms in total. The first-order valence-electron chi connectivity index (χ1n) is 9.55. The molecule has 156 valence electrons. The van der Waals surface area contributed by atoms with Crippen molar-refractivity contribution in [2.45, 2.75) is 38.6 Å². The summed E-state index contributed by atoms with van der Waals surface area (Å²) in [4.78, 5) is 27.7. The van der Waals surface area contributed by atoms with Gasteiger partial charge >= 0.3 is 6.09 Å². The van der Waals surface area contributed by atoms with Gasteiger partial charge in [-0.3, -0.25) is 4.79 Å². The van der Waals surface area contributed by atoms with Gasteiger partial charge < -0.3 is 19.6 Å². The van der Waals surface area contributed by atoms with Gasteiger partial charge in [-0.25, -0.2) is 13.6 Å². The molecule has 2 N–H and O–H groups in total. The summed E-state index contributed by atoms with van der Waals surface area (Å²) in [5, 5.41) is 6.61. The van der Waals surface area contributed by atoms with Crippen LogP contribution in [0.2, 0.25) is 0 Å². The van der Waals surface area contributed by atoms with E-state index in [-0.39, 0.29) is 40.1 Å². The van der Waals surface area contributed by atoms with E-state index in [2.05, 4.69) is 15.5 Å². The van der Waals surface area contributed by atoms with Crippen LogP contribution in [0.15, 0.2) is 35.0 Å². The molecule has 1 saturated carbocycles. The number of nitrogens with one attached hydrogen (secondary N) is 2. The molecule has 1 aromatic carbocycles. The minimum atomic E-state index is -1.06. The molecule has 9 heteroatoms. The van der Waals surface area contributed by atoms with E-state index in [4.69, 9.17) is 9.26 Å². The number of benzene rings is 1. The lowest BCUT2D eigenvalue weighted by Crippen LogP contribution is -2.34. The first-order valence-corrected chi connectivity index (χ1v) is 9.55. The summed E-state index contributed by atoms with van der Waals surface area (Å²) >= 11 is 0. The van der Waals surface area contributed by atoms with Gasteiger partial charge in [0.15, 0.2) is 11.6 Å². The summed E-state index contributed by atoms with van der Waals surface area (Å²) in [7, 11) is 0. The molecule has 0 spiro atoms. The lowest BCUT2D eigenvalue weighted by molar-refractivity contribution is 0.103. The molecule has 1 aliphatic rings. The fraction of sp³-hybridized carbons (Fsp3) is 0.286. The smallest absolute Gasteiger partial charge is 0.393 e. The predicted molar refractivity (Wildman–Crippen MR) is 102 cm³/mol. The van der Waals surface area contributed by atoms with Crippen molar-refractivity contribution in [1.82, 2.24) is 15.5 Å². The van der Waals surface area contributed by atoms with Crippen LogP contribution in [-0.2, 0) is 0 Å². The van der Waals surface area contributed by atoms with Crippen LogP contribution in [-0.4, -0.2) is 28.1 Å². The second-order valence-electron chi connectivity index (χ2n) is 7.19. The van der Waals surface area contributed by atoms with Crippen molar-refractivity contribution in [2.75, 3.05) is 0 Å². The van der Waals surface area contributed by atoms with Crippen LogP contribution in [0.3, 0.4) is 0 Å². The molecule has 30 heavy (non-hydrogen) atoms. The van der Waals surface area contributed by atoms with Gasteiger partial charge in [0, 0.05) is 29.4 Å². The van der Waals surface area contributed by atoms with E-state index in [0.29, 0.717) is 0 Å². The van der Waals surface area contributed by atoms with E-state index in [9.17, 15) is 18.4 Å². The van der Waals surface area contributed by atoms with E-state index >= 15 is 0 Å². The second-order valence-corrected chi connectivity index (χ2v) is 7.19. The normalized spacial score (nSPS) is 14.1. The largest absolute Gasteiger partial charge is 0.414 e. The molecule has 1 fully saturated rings. The van der Waals surface area contributed by atoms with E-state index < -0.39 is 23.5 Å². The number of hydrogen-bond donors (Lipinski definition) is 2. The highest BCUT2D eigenvalue weighted by Crippen LogP contribution is 2.29. The first-order chi connectivity index (χ1) is 14.4. The number of amides is 1. The first kappa shape index (κ1) is 19.8. The number of halogens is 2. The number of aryl methyl sites for hydroxylation is 1. The number of rotatable bonds is 5. The van der Waals surface area contributed by atoms with Gasteiger partial charge in [-0.05, 0) is 38.0 Å². The molecule has 0 aliphatic heterocycles. The number of aromatic nitrogens is 2. The second kappa shape index (κ2) is 8.10. The van der Waals surface area contributed by atoms with E-state index in [1.165, 1.54) is 18.3 Å². The number of carbonyl (C=O) groups is 2. The Labute approximate surface area is 170 Å². The fourth-order valence-corrected chi connectivity index (χ4v) is 3.55. The highest BCUT2D eigenvalue weighted by atomic mass is 19.2. The topological polar surface area (TPSA) is 97.2 Å². The molecule has 0 bridgehead atoms. The maximum Gasteiger partial charge on any atom is 0.414 e. The standard InChI is InChI=1S/C21H19F2N3O4/c1-11-18(19(26-30-11)12-6-7-15(22)16(23)8-12)20(27)13-9-17(24-10-13)29-21(28)25-14-4-2-3-5-14/h6-10,14,24H,2-5H2,1H3,(H,25,28). The molecule has 0 saturated heterocycles. The lowest BCUT2D eigenvalue weighted by Gasteiger charge is -2.10. The molecule has 4 rings (SSSR count). The Hall–Kier alpha value is -3.49. The quantitative estimate of drug-likeness (QED) is 0.597. The minimum Gasteiger partial charge on any atom is -0.393 e. The predicted octanol–water partition coefficient (Wildman–Crippen LogP) is 4.52. The molecule has 2 heterocycles. The van der Waals surface area contributed by atoms with Gasteiger partial charge in [0.1, 0.15) is 11.5 Å². The third kappa shape index (κ3) is 3.96. The molecule has 2 aromatic heterocycles. The number of H-pyrrole nitrogens is 1. The van der Waals surface area contributed by atoms with Crippen LogP contribution in [0.4, 0.5) is 13.6 Å². The summed E-state index contributed by atoms with van der Waals surface area (Å²) in [6.07, 6.45) is 4.79. The fourth-order valence-electron chi connectivity index (χ4n) is 3.55. The van der Waals surface area contributed by atoms with E-state index in [0.717, 1.165) is 37.8 Å². The Morgan fingerprint density at radius 1 is 1.20 bits per heavy atom. The average molecular weight is 415 g/mol. The Kier molecular flexibility index (Phi) is 5.35. The number of carbonyl (C=O) groups excluding carboxylic acids is 2. The molecular formula is C21H19F2N3O4. The average Bonchev–Trinajstić information content (AvgIpc) is 3.45. The number of ketones is 1. The van der Waals surface area contributed by atoms with Gasteiger partial charge in [-0.1, -0.05) is 18.0 Å². The zero-order valence-corrected chi connectivity index (χ0v) is 16.1. The summed E-state index contributed by atoms with van der Waals surface area (Å²) < 4.78 is 37.2. The van der Waals surface area contributed by atoms with Crippen LogP contribution in [0, 0.1) is 18.6 Å². The highest BCUT2D eigenvalue weighted by Gasteiger charge is 2.25.